The fourth-order valence-electron chi connectivity index (χ4n) is 14.2. The van der Waals surface area contributed by atoms with E-state index < -0.39 is 53.1 Å². The van der Waals surface area contributed by atoms with Gasteiger partial charge in [0.25, 0.3) is 17.4 Å². The molecule has 0 fully saturated rings. The number of aliphatic hydroxyl groups is 1. The minimum absolute atomic E-state index is 0.0193. The van der Waals surface area contributed by atoms with Crippen LogP contribution in [0.1, 0.15) is 142 Å². The molecule has 25 nitrogen and oxygen atoms in total. The molecule has 2 aliphatic carbocycles. The number of aromatic nitrogens is 2. The number of pyridine rings is 2. The third-order valence-electron chi connectivity index (χ3n) is 20.1. The van der Waals surface area contributed by atoms with Crippen molar-refractivity contribution < 1.29 is 95.6 Å². The highest BCUT2D eigenvalue weighted by Gasteiger charge is 2.46. The number of fused-ring (bicyclic) bond motifs is 8. The average molecular weight is 1450 g/mol. The molecule has 5 heterocycles. The smallest absolute Gasteiger partial charge is 0.343 e. The lowest BCUT2D eigenvalue weighted by atomic mass is 9.83. The predicted molar refractivity (Wildman–Crippen MR) is 384 cm³/mol. The maximum absolute atomic E-state index is 14.2. The molecule has 10 rings (SSSR count). The molecule has 564 valence electrons. The number of ether oxygens (including phenoxy) is 10. The zero-order valence-electron chi connectivity index (χ0n) is 60.7. The number of ketones is 4. The average Bonchev–Trinajstić information content (AvgIpc) is 1.61. The first-order chi connectivity index (χ1) is 50.9. The summed E-state index contributed by atoms with van der Waals surface area (Å²) >= 11 is 0. The lowest BCUT2D eigenvalue weighted by molar-refractivity contribution is -0.172. The predicted octanol–water partition coefficient (Wildman–Crippen LogP) is 7.31. The number of amides is 3. The van der Waals surface area contributed by atoms with E-state index >= 15 is 0 Å². The van der Waals surface area contributed by atoms with E-state index in [4.69, 9.17) is 52.4 Å². The van der Waals surface area contributed by atoms with Gasteiger partial charge < -0.3 is 62.4 Å². The van der Waals surface area contributed by atoms with Crippen molar-refractivity contribution >= 4 is 63.7 Å². The molecule has 0 radical (unpaired) electrons. The summed E-state index contributed by atoms with van der Waals surface area (Å²) in [5, 5.41) is 15.3. The molecule has 25 heteroatoms. The number of nitrogens with one attached hydrogen (secondary N) is 1. The Morgan fingerprint density at radius 2 is 1.20 bits per heavy atom. The Bertz CT molecular complexity index is 3990. The summed E-state index contributed by atoms with van der Waals surface area (Å²) in [4.78, 5) is 138. The summed E-state index contributed by atoms with van der Waals surface area (Å²) in [7, 11) is 0. The van der Waals surface area contributed by atoms with Gasteiger partial charge in [0, 0.05) is 98.6 Å². The number of Topliss-reactive ketones (excluding diaryl/α,β-unsaturated/α-hetero) is 4. The monoisotopic (exact) mass is 1450 g/mol. The van der Waals surface area contributed by atoms with Crippen molar-refractivity contribution in [2.45, 2.75) is 142 Å². The molecular formula is C80H98N4O21. The minimum atomic E-state index is -1.95. The minimum Gasteiger partial charge on any atom is -0.464 e. The number of imide groups is 1. The fraction of sp³-hybridized carbons (Fsp3) is 0.537. The molecule has 0 bridgehead atoms. The van der Waals surface area contributed by atoms with Crippen molar-refractivity contribution in [3.05, 3.63) is 134 Å². The van der Waals surface area contributed by atoms with E-state index in [0.29, 0.717) is 122 Å². The van der Waals surface area contributed by atoms with Gasteiger partial charge in [-0.2, -0.15) is 0 Å². The Balaban J connectivity index is 0.604. The quantitative estimate of drug-likeness (QED) is 0.0215. The molecule has 5 aliphatic rings. The molecule has 0 saturated carbocycles. The number of carbonyl (C=O) groups excluding carboxylic acids is 9. The summed E-state index contributed by atoms with van der Waals surface area (Å²) < 4.78 is 57.6. The Morgan fingerprint density at radius 3 is 1.79 bits per heavy atom. The Kier molecular flexibility index (Phi) is 29.2. The maximum atomic E-state index is 14.2. The number of carbonyl (C=O) groups is 9. The number of aryl methyl sites for hydroxylation is 2. The van der Waals surface area contributed by atoms with Crippen LogP contribution in [0.3, 0.4) is 0 Å². The third kappa shape index (κ3) is 20.4. The van der Waals surface area contributed by atoms with Gasteiger partial charge in [-0.15, -0.1) is 0 Å². The van der Waals surface area contributed by atoms with Crippen molar-refractivity contribution in [2.24, 2.45) is 17.8 Å². The molecule has 4 atom stereocenters. The largest absolute Gasteiger partial charge is 0.464 e. The second-order valence-corrected chi connectivity index (χ2v) is 27.5. The molecule has 3 aromatic carbocycles. The molecule has 2 N–H and O–H groups in total. The summed E-state index contributed by atoms with van der Waals surface area (Å²) in [5.74, 6) is -5.60. The van der Waals surface area contributed by atoms with Gasteiger partial charge in [-0.1, -0.05) is 75.4 Å². The number of esters is 2. The van der Waals surface area contributed by atoms with Crippen molar-refractivity contribution in [2.75, 3.05) is 119 Å². The van der Waals surface area contributed by atoms with Gasteiger partial charge >= 0.3 is 11.9 Å². The van der Waals surface area contributed by atoms with Crippen LogP contribution in [0.15, 0.2) is 83.7 Å². The highest BCUT2D eigenvalue weighted by atomic mass is 16.6. The van der Waals surface area contributed by atoms with E-state index in [1.54, 1.807) is 24.5 Å². The van der Waals surface area contributed by atoms with Crippen molar-refractivity contribution in [3.8, 4) is 22.5 Å². The number of hydrogen-bond acceptors (Lipinski definition) is 22. The van der Waals surface area contributed by atoms with Gasteiger partial charge in [0.1, 0.15) is 30.6 Å². The van der Waals surface area contributed by atoms with Gasteiger partial charge in [-0.05, 0) is 102 Å². The zero-order valence-corrected chi connectivity index (χ0v) is 60.7. The second kappa shape index (κ2) is 38.8. The highest BCUT2D eigenvalue weighted by molar-refractivity contribution is 6.13. The van der Waals surface area contributed by atoms with Gasteiger partial charge in [-0.3, -0.25) is 48.1 Å². The summed E-state index contributed by atoms with van der Waals surface area (Å²) in [6.07, 6.45) is 5.31. The standard InChI is InChI=1S/C80H98N4O21/c1-5-80(95)68-47-70-75-65(48-84(70)77(92)67(68)50-105-79(80)94)63-18-10-17-58-53(20-22-69(82-75)74(58)63)45-71(88)52(4)81-76(91)64(51(2)3)46-56(86)21-19-54(78(93)104-49-66-61-15-8-6-13-59(61)60-14-7-9-16-62(60)66)44-57(87)26-29-97-31-33-99-35-37-101-39-41-103-43-42-102-40-38-100-36-34-98-32-30-96-28-11-12-55(85)25-27-83-72(89)23-24-73(83)90/h6-9,13-16,20,22-24,47,51-52,54,64,66,95H,5,10-12,17-19,21,25-46,48-50H2,1-4H3,(H,81,91)/t52-,54+,64?,80-/m0/s1. The van der Waals surface area contributed by atoms with Crippen LogP contribution < -0.4 is 10.9 Å². The lowest BCUT2D eigenvalue weighted by Gasteiger charge is -2.31. The van der Waals surface area contributed by atoms with Gasteiger partial charge in [-0.25, -0.2) is 9.78 Å². The van der Waals surface area contributed by atoms with Crippen LogP contribution in [0.5, 0.6) is 0 Å². The maximum Gasteiger partial charge on any atom is 0.343 e. The fourth-order valence-corrected chi connectivity index (χ4v) is 14.2. The summed E-state index contributed by atoms with van der Waals surface area (Å²) in [6.45, 7) is 12.8. The van der Waals surface area contributed by atoms with Crippen LogP contribution >= 0.6 is 0 Å². The second-order valence-electron chi connectivity index (χ2n) is 27.5. The van der Waals surface area contributed by atoms with E-state index in [1.165, 1.54) is 12.2 Å². The molecule has 1 unspecified atom stereocenters. The van der Waals surface area contributed by atoms with E-state index in [1.807, 2.05) is 74.5 Å². The van der Waals surface area contributed by atoms with Crippen molar-refractivity contribution in [3.63, 3.8) is 0 Å². The van der Waals surface area contributed by atoms with Gasteiger partial charge in [0.15, 0.2) is 11.4 Å². The van der Waals surface area contributed by atoms with Crippen molar-refractivity contribution in [1.29, 1.82) is 0 Å². The van der Waals surface area contributed by atoms with E-state index in [0.717, 1.165) is 67.6 Å². The number of hydrogen-bond donors (Lipinski definition) is 2. The molecule has 0 saturated heterocycles. The van der Waals surface area contributed by atoms with Gasteiger partial charge in [0.2, 0.25) is 5.91 Å². The number of benzene rings is 3. The van der Waals surface area contributed by atoms with E-state index in [-0.39, 0.29) is 149 Å². The first kappa shape index (κ1) is 79.2. The zero-order chi connectivity index (χ0) is 74.4. The third-order valence-corrected chi connectivity index (χ3v) is 20.1. The number of rotatable bonds is 48. The normalized spacial score (nSPS) is 16.4. The van der Waals surface area contributed by atoms with Crippen LogP contribution in [0.2, 0.25) is 0 Å². The molecule has 3 aliphatic heterocycles. The molecule has 0 spiro atoms. The SMILES string of the molecule is CC[C@@]1(O)C(=O)OCc2c1cc1n(c2=O)Cc2c-1nc1ccc(CC(=O)[C@H](C)NC(=O)C(CC(=O)CC[C@H](CC(=O)CCOCCOCCOCCOCCOCCOCCOCCOCCCC(=O)CCN3C(=O)C=CC3=O)C(=O)OCC3c4ccccc4-c4ccccc43)C(C)C)c3c1c2CCC3. The first-order valence-electron chi connectivity index (χ1n) is 36.9. The van der Waals surface area contributed by atoms with E-state index in [9.17, 15) is 53.1 Å². The number of cyclic esters (lactones) is 1. The number of nitrogens with zero attached hydrogens (tertiary/aromatic N) is 3. The van der Waals surface area contributed by atoms with Crippen LogP contribution in [-0.4, -0.2) is 197 Å². The van der Waals surface area contributed by atoms with Gasteiger partial charge in [0.05, 0.1) is 140 Å². The Hall–Kier alpha value is -8.37. The Morgan fingerprint density at radius 1 is 0.638 bits per heavy atom. The molecule has 105 heavy (non-hydrogen) atoms. The van der Waals surface area contributed by atoms with Crippen molar-refractivity contribution in [1.82, 2.24) is 19.8 Å². The van der Waals surface area contributed by atoms with Crippen LogP contribution in [0.4, 0.5) is 0 Å². The highest BCUT2D eigenvalue weighted by Crippen LogP contribution is 2.46. The summed E-state index contributed by atoms with van der Waals surface area (Å²) in [6, 6.07) is 20.5. The molecule has 2 aromatic heterocycles. The van der Waals surface area contributed by atoms with Crippen LogP contribution in [0, 0.1) is 17.8 Å². The van der Waals surface area contributed by atoms with E-state index in [2.05, 4.69) is 5.32 Å². The summed E-state index contributed by atoms with van der Waals surface area (Å²) in [5.41, 5.74) is 8.01. The van der Waals surface area contributed by atoms with Crippen LogP contribution in [-0.2, 0) is 129 Å². The topological polar surface area (TPSA) is 316 Å². The molecular weight excluding hydrogens is 1350 g/mol. The lowest BCUT2D eigenvalue weighted by Crippen LogP contribution is -2.44. The first-order valence-corrected chi connectivity index (χ1v) is 36.9. The molecule has 3 amide bonds. The van der Waals surface area contributed by atoms with Crippen LogP contribution in [0.25, 0.3) is 33.4 Å². The Labute approximate surface area is 611 Å². The molecule has 5 aromatic rings.